The molecule has 0 spiro atoms. The first kappa shape index (κ1) is 13.5. The molecule has 4 nitrogen and oxygen atoms in total. The van der Waals surface area contributed by atoms with E-state index in [-0.39, 0.29) is 11.9 Å². The van der Waals surface area contributed by atoms with Gasteiger partial charge in [-0.05, 0) is 31.0 Å². The summed E-state index contributed by atoms with van der Waals surface area (Å²) in [6.07, 6.45) is 0.636. The zero-order chi connectivity index (χ0) is 12.8. The van der Waals surface area contributed by atoms with Crippen LogP contribution in [0.2, 0.25) is 0 Å². The topological polar surface area (TPSA) is 64.4 Å². The highest BCUT2D eigenvalue weighted by Crippen LogP contribution is 2.18. The molecule has 0 saturated carbocycles. The number of nitrogens with two attached hydrogens (primary N) is 1. The number of nitrogens with one attached hydrogen (secondary N) is 1. The van der Waals surface area contributed by atoms with Gasteiger partial charge in [0.2, 0.25) is 5.91 Å². The van der Waals surface area contributed by atoms with Gasteiger partial charge in [-0.15, -0.1) is 0 Å². The largest absolute Gasteiger partial charge is 0.497 e. The third kappa shape index (κ3) is 3.75. The maximum Gasteiger partial charge on any atom is 0.237 e. The van der Waals surface area contributed by atoms with Crippen LogP contribution in [0.4, 0.5) is 0 Å². The van der Waals surface area contributed by atoms with Crippen LogP contribution in [0.5, 0.6) is 5.75 Å². The van der Waals surface area contributed by atoms with E-state index >= 15 is 0 Å². The molecular formula is C13H20N2O2. The van der Waals surface area contributed by atoms with Crippen molar-refractivity contribution in [3.05, 3.63) is 29.8 Å². The first-order valence-electron chi connectivity index (χ1n) is 5.78. The Morgan fingerprint density at radius 1 is 1.53 bits per heavy atom. The lowest BCUT2D eigenvalue weighted by Crippen LogP contribution is -2.41. The van der Waals surface area contributed by atoms with Gasteiger partial charge in [0, 0.05) is 0 Å². The summed E-state index contributed by atoms with van der Waals surface area (Å²) in [4.78, 5) is 11.6. The van der Waals surface area contributed by atoms with E-state index < -0.39 is 6.04 Å². The highest BCUT2D eigenvalue weighted by atomic mass is 16.5. The van der Waals surface area contributed by atoms with Gasteiger partial charge in [-0.25, -0.2) is 0 Å². The average Bonchev–Trinajstić information content (AvgIpc) is 2.37. The molecule has 0 radical (unpaired) electrons. The second-order valence-corrected chi connectivity index (χ2v) is 4.02. The number of carbonyl (C=O) groups excluding carboxylic acids is 1. The first-order valence-corrected chi connectivity index (χ1v) is 5.78. The SMILES string of the molecule is CC[C@H](N)C(=O)NC(C)c1cccc(OC)c1. The van der Waals surface area contributed by atoms with Crippen molar-refractivity contribution in [1.29, 1.82) is 0 Å². The van der Waals surface area contributed by atoms with E-state index in [0.717, 1.165) is 11.3 Å². The molecule has 1 rings (SSSR count). The molecule has 0 aliphatic heterocycles. The third-order valence-corrected chi connectivity index (χ3v) is 2.73. The van der Waals surface area contributed by atoms with E-state index in [4.69, 9.17) is 10.5 Å². The van der Waals surface area contributed by atoms with Gasteiger partial charge in [-0.1, -0.05) is 19.1 Å². The summed E-state index contributed by atoms with van der Waals surface area (Å²) in [6, 6.07) is 7.11. The Balaban J connectivity index is 2.69. The second-order valence-electron chi connectivity index (χ2n) is 4.02. The Labute approximate surface area is 102 Å². The number of benzene rings is 1. The van der Waals surface area contributed by atoms with Gasteiger partial charge in [0.05, 0.1) is 19.2 Å². The lowest BCUT2D eigenvalue weighted by atomic mass is 10.1. The van der Waals surface area contributed by atoms with Crippen molar-refractivity contribution in [2.45, 2.75) is 32.4 Å². The third-order valence-electron chi connectivity index (χ3n) is 2.73. The van der Waals surface area contributed by atoms with E-state index in [2.05, 4.69) is 5.32 Å². The fourth-order valence-electron chi connectivity index (χ4n) is 1.50. The molecule has 0 aromatic heterocycles. The van der Waals surface area contributed by atoms with Crippen LogP contribution in [0.1, 0.15) is 31.9 Å². The summed E-state index contributed by atoms with van der Waals surface area (Å²) in [5, 5.41) is 2.88. The summed E-state index contributed by atoms with van der Waals surface area (Å²) >= 11 is 0. The molecule has 0 saturated heterocycles. The molecule has 17 heavy (non-hydrogen) atoms. The van der Waals surface area contributed by atoms with Gasteiger partial charge >= 0.3 is 0 Å². The minimum Gasteiger partial charge on any atom is -0.497 e. The first-order chi connectivity index (χ1) is 8.08. The van der Waals surface area contributed by atoms with Crippen molar-refractivity contribution < 1.29 is 9.53 Å². The molecule has 0 aliphatic carbocycles. The van der Waals surface area contributed by atoms with Crippen LogP contribution in [0, 0.1) is 0 Å². The molecule has 2 atom stereocenters. The van der Waals surface area contributed by atoms with Crippen LogP contribution < -0.4 is 15.8 Å². The fourth-order valence-corrected chi connectivity index (χ4v) is 1.50. The van der Waals surface area contributed by atoms with Crippen LogP contribution in [0.3, 0.4) is 0 Å². The Morgan fingerprint density at radius 3 is 2.82 bits per heavy atom. The van der Waals surface area contributed by atoms with Crippen LogP contribution >= 0.6 is 0 Å². The molecule has 3 N–H and O–H groups in total. The van der Waals surface area contributed by atoms with Crippen molar-refractivity contribution in [1.82, 2.24) is 5.32 Å². The number of amides is 1. The van der Waals surface area contributed by atoms with Gasteiger partial charge in [-0.3, -0.25) is 4.79 Å². The predicted molar refractivity (Wildman–Crippen MR) is 67.8 cm³/mol. The van der Waals surface area contributed by atoms with Gasteiger partial charge in [0.25, 0.3) is 0 Å². The summed E-state index contributed by atoms with van der Waals surface area (Å²) in [5.41, 5.74) is 6.66. The molecular weight excluding hydrogens is 216 g/mol. The number of ether oxygens (including phenoxy) is 1. The van der Waals surface area contributed by atoms with E-state index in [9.17, 15) is 4.79 Å². The Morgan fingerprint density at radius 2 is 2.24 bits per heavy atom. The lowest BCUT2D eigenvalue weighted by Gasteiger charge is -2.17. The van der Waals surface area contributed by atoms with Crippen molar-refractivity contribution >= 4 is 5.91 Å². The van der Waals surface area contributed by atoms with Crippen LogP contribution in [0.15, 0.2) is 24.3 Å². The molecule has 1 amide bonds. The number of methoxy groups -OCH3 is 1. The Kier molecular flexibility index (Phi) is 4.97. The quantitative estimate of drug-likeness (QED) is 0.816. The summed E-state index contributed by atoms with van der Waals surface area (Å²) < 4.78 is 5.14. The van der Waals surface area contributed by atoms with Crippen molar-refractivity contribution in [3.63, 3.8) is 0 Å². The van der Waals surface area contributed by atoms with Crippen molar-refractivity contribution in [2.75, 3.05) is 7.11 Å². The lowest BCUT2D eigenvalue weighted by molar-refractivity contribution is -0.123. The number of hydrogen-bond donors (Lipinski definition) is 2. The molecule has 0 heterocycles. The number of hydrogen-bond acceptors (Lipinski definition) is 3. The van der Waals surface area contributed by atoms with Gasteiger partial charge in [-0.2, -0.15) is 0 Å². The smallest absolute Gasteiger partial charge is 0.237 e. The molecule has 1 unspecified atom stereocenters. The van der Waals surface area contributed by atoms with E-state index in [1.54, 1.807) is 7.11 Å². The Hall–Kier alpha value is -1.55. The van der Waals surface area contributed by atoms with E-state index in [0.29, 0.717) is 6.42 Å². The summed E-state index contributed by atoms with van der Waals surface area (Å²) in [5.74, 6) is 0.659. The number of rotatable bonds is 5. The Bertz CT molecular complexity index is 379. The van der Waals surface area contributed by atoms with E-state index in [1.807, 2.05) is 38.1 Å². The van der Waals surface area contributed by atoms with Gasteiger partial charge < -0.3 is 15.8 Å². The molecule has 0 fully saturated rings. The average molecular weight is 236 g/mol. The molecule has 94 valence electrons. The molecule has 4 heteroatoms. The fraction of sp³-hybridized carbons (Fsp3) is 0.462. The zero-order valence-corrected chi connectivity index (χ0v) is 10.6. The summed E-state index contributed by atoms with van der Waals surface area (Å²) in [7, 11) is 1.62. The summed E-state index contributed by atoms with van der Waals surface area (Å²) in [6.45, 7) is 3.81. The van der Waals surface area contributed by atoms with Crippen LogP contribution in [0.25, 0.3) is 0 Å². The standard InChI is InChI=1S/C13H20N2O2/c1-4-12(14)13(16)15-9(2)10-6-5-7-11(8-10)17-3/h5-9,12H,4,14H2,1-3H3,(H,15,16)/t9?,12-/m0/s1. The maximum atomic E-state index is 11.6. The van der Waals surface area contributed by atoms with Gasteiger partial charge in [0.15, 0.2) is 0 Å². The maximum absolute atomic E-state index is 11.6. The zero-order valence-electron chi connectivity index (χ0n) is 10.6. The molecule has 0 bridgehead atoms. The van der Waals surface area contributed by atoms with Crippen molar-refractivity contribution in [2.24, 2.45) is 5.73 Å². The second kappa shape index (κ2) is 6.25. The van der Waals surface area contributed by atoms with E-state index in [1.165, 1.54) is 0 Å². The highest BCUT2D eigenvalue weighted by Gasteiger charge is 2.14. The number of carbonyl (C=O) groups is 1. The van der Waals surface area contributed by atoms with Crippen molar-refractivity contribution in [3.8, 4) is 5.75 Å². The van der Waals surface area contributed by atoms with Crippen LogP contribution in [-0.4, -0.2) is 19.1 Å². The normalized spacial score (nSPS) is 13.9. The molecule has 0 aliphatic rings. The highest BCUT2D eigenvalue weighted by molar-refractivity contribution is 5.81. The van der Waals surface area contributed by atoms with Gasteiger partial charge in [0.1, 0.15) is 5.75 Å². The monoisotopic (exact) mass is 236 g/mol. The molecule has 1 aromatic rings. The molecule has 1 aromatic carbocycles. The van der Waals surface area contributed by atoms with Crippen LogP contribution in [-0.2, 0) is 4.79 Å². The predicted octanol–water partition coefficient (Wildman–Crippen LogP) is 1.61. The minimum atomic E-state index is -0.442. The minimum absolute atomic E-state index is 0.0739.